The predicted molar refractivity (Wildman–Crippen MR) is 175 cm³/mol. The summed E-state index contributed by atoms with van der Waals surface area (Å²) in [6.45, 7) is 1.24. The Labute approximate surface area is 290 Å². The summed E-state index contributed by atoms with van der Waals surface area (Å²) < 4.78 is 4.18. The van der Waals surface area contributed by atoms with Crippen LogP contribution in [0.5, 0.6) is 0 Å². The van der Waals surface area contributed by atoms with Crippen LogP contribution >= 0.6 is 0 Å². The molecule has 0 radical (unpaired) electrons. The lowest BCUT2D eigenvalue weighted by Gasteiger charge is -2.14. The van der Waals surface area contributed by atoms with E-state index in [1.54, 1.807) is 24.3 Å². The molecule has 0 spiro atoms. The molecule has 2 heterocycles. The van der Waals surface area contributed by atoms with Crippen molar-refractivity contribution in [3.63, 3.8) is 0 Å². The van der Waals surface area contributed by atoms with Crippen LogP contribution in [-0.2, 0) is 13.1 Å². The third-order valence-electron chi connectivity index (χ3n) is 8.42. The highest BCUT2D eigenvalue weighted by molar-refractivity contribution is 6.13. The van der Waals surface area contributed by atoms with Crippen LogP contribution < -0.4 is 33.9 Å². The zero-order valence-electron chi connectivity index (χ0n) is 25.6. The van der Waals surface area contributed by atoms with Crippen molar-refractivity contribution in [2.45, 2.75) is 13.1 Å². The molecule has 2 aromatic heterocycles. The van der Waals surface area contributed by atoms with E-state index in [4.69, 9.17) is 0 Å². The maximum absolute atomic E-state index is 11.3. The van der Waals surface area contributed by atoms with Crippen molar-refractivity contribution in [1.29, 1.82) is 0 Å². The summed E-state index contributed by atoms with van der Waals surface area (Å²) in [5.41, 5.74) is 11.9. The second kappa shape index (κ2) is 14.5. The highest BCUT2D eigenvalue weighted by Crippen LogP contribution is 2.48. The highest BCUT2D eigenvalue weighted by Gasteiger charge is 2.27. The molecule has 48 heavy (non-hydrogen) atoms. The number of fused-ring (bicyclic) bond motifs is 3. The number of hydrogen-bond donors (Lipinski definition) is 2. The summed E-state index contributed by atoms with van der Waals surface area (Å²) >= 11 is 0. The minimum absolute atomic E-state index is 0. The summed E-state index contributed by atoms with van der Waals surface area (Å²) in [7, 11) is 0. The molecule has 6 nitrogen and oxygen atoms in total. The van der Waals surface area contributed by atoms with Gasteiger partial charge in [0.2, 0.25) is 0 Å². The Balaban J connectivity index is 0.00000225. The van der Waals surface area contributed by atoms with Crippen LogP contribution in [0.1, 0.15) is 54.1 Å². The normalized spacial score (nSPS) is 11.0. The van der Waals surface area contributed by atoms with Crippen LogP contribution in [-0.4, -0.2) is 22.2 Å². The molecule has 7 rings (SSSR count). The zero-order chi connectivity index (χ0) is 31.6. The number of carboxylic acid groups (broad SMARTS) is 2. The number of rotatable bonds is 8. The van der Waals surface area contributed by atoms with E-state index in [9.17, 15) is 19.8 Å². The lowest BCUT2D eigenvalue weighted by atomic mass is 9.89. The van der Waals surface area contributed by atoms with Crippen LogP contribution in [0.3, 0.4) is 0 Å². The van der Waals surface area contributed by atoms with Gasteiger partial charge in [0.15, 0.2) is 37.9 Å². The Kier molecular flexibility index (Phi) is 10.2. The number of aromatic carboxylic acids is 2. The molecule has 0 amide bonds. The maximum atomic E-state index is 11.3. The predicted octanol–water partition coefficient (Wildman–Crippen LogP) is 0.750. The average molecular weight is 674 g/mol. The van der Waals surface area contributed by atoms with Gasteiger partial charge in [0.1, 0.15) is 0 Å². The Morgan fingerprint density at radius 2 is 0.771 bits per heavy atom. The van der Waals surface area contributed by atoms with Crippen molar-refractivity contribution in [3.8, 4) is 11.1 Å². The molecule has 0 atom stereocenters. The minimum Gasteiger partial charge on any atom is -1.00 e. The largest absolute Gasteiger partial charge is 1.00 e. The quantitative estimate of drug-likeness (QED) is 0.234. The van der Waals surface area contributed by atoms with Crippen molar-refractivity contribution in [2.75, 3.05) is 0 Å². The van der Waals surface area contributed by atoms with Gasteiger partial charge in [0.25, 0.3) is 0 Å². The monoisotopic (exact) mass is 672 g/mol. The smallest absolute Gasteiger partial charge is 0.335 e. The first-order chi connectivity index (χ1) is 22.4. The number of carboxylic acids is 2. The number of halogens is 2. The third kappa shape index (κ3) is 6.76. The van der Waals surface area contributed by atoms with Crippen molar-refractivity contribution in [2.24, 2.45) is 0 Å². The van der Waals surface area contributed by atoms with E-state index >= 15 is 0 Å². The molecule has 4 aromatic carbocycles. The van der Waals surface area contributed by atoms with Gasteiger partial charge in [-0.3, -0.25) is 0 Å². The standard InChI is InChI=1S/C40H28N2O4.2ClH/c43-39(44)31-13-9-27(10-14-31)25-41-21-17-29(18-22-41)37(38-35-7-3-1-5-33(35)34-6-2-4-8-36(34)38)30-19-23-42(24-20-30)26-28-11-15-32(16-12-28)40(45)46;;/h1-24H,25-26H2;2*1H. The maximum Gasteiger partial charge on any atom is 0.335 e. The molecule has 1 aliphatic rings. The molecular weight excluding hydrogens is 643 g/mol. The molecule has 0 saturated carbocycles. The van der Waals surface area contributed by atoms with Gasteiger partial charge in [-0.25, -0.2) is 18.7 Å². The molecule has 1 aliphatic carbocycles. The van der Waals surface area contributed by atoms with E-state index in [2.05, 4.69) is 107 Å². The van der Waals surface area contributed by atoms with Crippen LogP contribution in [0.25, 0.3) is 22.3 Å². The van der Waals surface area contributed by atoms with E-state index in [1.165, 1.54) is 27.8 Å². The summed E-state index contributed by atoms with van der Waals surface area (Å²) in [5, 5.41) is 18.5. The molecule has 0 bridgehead atoms. The Morgan fingerprint density at radius 1 is 0.438 bits per heavy atom. The van der Waals surface area contributed by atoms with Crippen LogP contribution in [0, 0.1) is 0 Å². The van der Waals surface area contributed by atoms with Crippen LogP contribution in [0.2, 0.25) is 0 Å². The van der Waals surface area contributed by atoms with E-state index < -0.39 is 11.9 Å². The van der Waals surface area contributed by atoms with E-state index in [-0.39, 0.29) is 35.9 Å². The Bertz CT molecular complexity index is 1970. The van der Waals surface area contributed by atoms with E-state index in [0.717, 1.165) is 27.8 Å². The summed E-state index contributed by atoms with van der Waals surface area (Å²) in [6.07, 6.45) is 8.27. The second-order valence-corrected chi connectivity index (χ2v) is 11.4. The topological polar surface area (TPSA) is 82.4 Å². The SMILES string of the molecule is O=C(O)c1ccc(C[n+]2ccc(C(=C3c4ccccc4-c4ccccc43)c3cc[n+](Cc4ccc(C(=O)O)cc4)cc3)cc2)cc1.[Cl-].[Cl-]. The molecular formula is C40H30Cl2N2O4. The Morgan fingerprint density at radius 3 is 1.10 bits per heavy atom. The molecule has 0 saturated heterocycles. The van der Waals surface area contributed by atoms with Gasteiger partial charge in [-0.05, 0) is 68.8 Å². The van der Waals surface area contributed by atoms with Crippen molar-refractivity contribution < 1.29 is 53.8 Å². The van der Waals surface area contributed by atoms with Gasteiger partial charge < -0.3 is 35.0 Å². The molecule has 0 aliphatic heterocycles. The summed E-state index contributed by atoms with van der Waals surface area (Å²) in [4.78, 5) is 22.5. The number of aromatic nitrogens is 2. The third-order valence-corrected chi connectivity index (χ3v) is 8.42. The average Bonchev–Trinajstić information content (AvgIpc) is 3.41. The molecule has 2 N–H and O–H groups in total. The molecule has 6 aromatic rings. The number of benzene rings is 4. The summed E-state index contributed by atoms with van der Waals surface area (Å²) in [5.74, 6) is -1.86. The van der Waals surface area contributed by atoms with Crippen LogP contribution in [0.15, 0.2) is 146 Å². The molecule has 0 unspecified atom stereocenters. The number of pyridine rings is 2. The van der Waals surface area contributed by atoms with Gasteiger partial charge >= 0.3 is 11.9 Å². The Hall–Kier alpha value is -5.56. The van der Waals surface area contributed by atoms with Gasteiger partial charge in [-0.1, -0.05) is 72.8 Å². The molecule has 0 fully saturated rings. The lowest BCUT2D eigenvalue weighted by molar-refractivity contribution is -0.688. The fourth-order valence-corrected chi connectivity index (χ4v) is 6.13. The minimum atomic E-state index is -0.931. The second-order valence-electron chi connectivity index (χ2n) is 11.4. The van der Waals surface area contributed by atoms with Gasteiger partial charge in [-0.15, -0.1) is 0 Å². The highest BCUT2D eigenvalue weighted by atomic mass is 35.5. The fraction of sp³-hybridized carbons (Fsp3) is 0.0500. The fourth-order valence-electron chi connectivity index (χ4n) is 6.13. The first-order valence-electron chi connectivity index (χ1n) is 15.0. The van der Waals surface area contributed by atoms with Gasteiger partial charge in [0.05, 0.1) is 11.1 Å². The number of hydrogen-bond acceptors (Lipinski definition) is 2. The molecule has 238 valence electrons. The van der Waals surface area contributed by atoms with Gasteiger partial charge in [0, 0.05) is 35.4 Å². The first kappa shape index (κ1) is 33.8. The number of nitrogens with zero attached hydrogens (tertiary/aromatic N) is 2. The van der Waals surface area contributed by atoms with Crippen molar-refractivity contribution in [1.82, 2.24) is 0 Å². The number of carbonyl (C=O) groups is 2. The van der Waals surface area contributed by atoms with E-state index in [1.807, 2.05) is 24.3 Å². The van der Waals surface area contributed by atoms with Crippen molar-refractivity contribution in [3.05, 3.63) is 191 Å². The van der Waals surface area contributed by atoms with E-state index in [0.29, 0.717) is 13.1 Å². The van der Waals surface area contributed by atoms with Gasteiger partial charge in [-0.2, -0.15) is 0 Å². The first-order valence-corrected chi connectivity index (χ1v) is 15.0. The van der Waals surface area contributed by atoms with Crippen molar-refractivity contribution >= 4 is 23.1 Å². The molecule has 8 heteroatoms. The van der Waals surface area contributed by atoms with Crippen LogP contribution in [0.4, 0.5) is 0 Å². The lowest BCUT2D eigenvalue weighted by Crippen LogP contribution is -3.00. The summed E-state index contributed by atoms with van der Waals surface area (Å²) in [6, 6.07) is 39.6. The zero-order valence-corrected chi connectivity index (χ0v) is 27.1.